The van der Waals surface area contributed by atoms with E-state index in [-0.39, 0.29) is 0 Å². The number of halogens is 1. The highest BCUT2D eigenvalue weighted by Gasteiger charge is 2.30. The summed E-state index contributed by atoms with van der Waals surface area (Å²) in [6, 6.07) is 0.457. The lowest BCUT2D eigenvalue weighted by Gasteiger charge is -2.17. The van der Waals surface area contributed by atoms with Gasteiger partial charge >= 0.3 is 0 Å². The van der Waals surface area contributed by atoms with Crippen molar-refractivity contribution in [3.63, 3.8) is 0 Å². The van der Waals surface area contributed by atoms with E-state index < -0.39 is 0 Å². The molecule has 6 N–H and O–H groups in total. The standard InChI is InChI=1S/C14H22BrN7/c1-2-9-7-19-22-12(17)11(15)14(20-13(9)22)21-6-3-10(8-21)18-5-4-16/h7,10,18H,2-6,8,16H2,1H3,(H2,17,19,20)/p+1/t10-/m0/s1. The Kier molecular flexibility index (Phi) is 4.51. The molecule has 0 radical (unpaired) electrons. The largest absolute Gasteiger partial charge is 0.340 e. The third-order valence-corrected chi connectivity index (χ3v) is 4.95. The minimum absolute atomic E-state index is 0.457. The number of aromatic amines is 1. The second-order valence-corrected chi connectivity index (χ2v) is 6.41. The molecule has 1 saturated heterocycles. The number of hydrogen-bond donors (Lipinski definition) is 4. The molecule has 3 rings (SSSR count). The Morgan fingerprint density at radius 3 is 3.14 bits per heavy atom. The number of aryl methyl sites for hydroxylation is 1. The van der Waals surface area contributed by atoms with Crippen molar-refractivity contribution >= 4 is 33.2 Å². The zero-order valence-electron chi connectivity index (χ0n) is 12.8. The molecule has 0 saturated carbocycles. The fraction of sp³-hybridized carbons (Fsp3) is 0.571. The van der Waals surface area contributed by atoms with Crippen LogP contribution in [0.2, 0.25) is 0 Å². The van der Waals surface area contributed by atoms with Crippen molar-refractivity contribution in [3.05, 3.63) is 16.2 Å². The topological polar surface area (TPSA) is 100 Å². The van der Waals surface area contributed by atoms with E-state index >= 15 is 0 Å². The van der Waals surface area contributed by atoms with E-state index in [2.05, 4.69) is 38.2 Å². The molecule has 0 amide bonds. The third-order valence-electron chi connectivity index (χ3n) is 4.19. The van der Waals surface area contributed by atoms with Crippen molar-refractivity contribution in [2.24, 2.45) is 5.73 Å². The van der Waals surface area contributed by atoms with Crippen molar-refractivity contribution in [1.29, 1.82) is 0 Å². The molecule has 1 atom stereocenters. The number of aromatic nitrogens is 3. The van der Waals surface area contributed by atoms with E-state index in [0.29, 0.717) is 18.4 Å². The van der Waals surface area contributed by atoms with Crippen LogP contribution < -0.4 is 26.2 Å². The van der Waals surface area contributed by atoms with Crippen molar-refractivity contribution in [2.75, 3.05) is 36.8 Å². The first-order valence-electron chi connectivity index (χ1n) is 7.71. The van der Waals surface area contributed by atoms with Gasteiger partial charge < -0.3 is 21.7 Å². The maximum Gasteiger partial charge on any atom is 0.292 e. The van der Waals surface area contributed by atoms with Gasteiger partial charge in [-0.05, 0) is 28.8 Å². The predicted octanol–water partition coefficient (Wildman–Crippen LogP) is 0.183. The minimum Gasteiger partial charge on any atom is -0.340 e. The van der Waals surface area contributed by atoms with Gasteiger partial charge in [0, 0.05) is 44.0 Å². The number of nitrogen functional groups attached to an aromatic ring is 1. The van der Waals surface area contributed by atoms with Crippen LogP contribution in [0, 0.1) is 0 Å². The van der Waals surface area contributed by atoms with Gasteiger partial charge in [0.05, 0.1) is 0 Å². The zero-order valence-corrected chi connectivity index (χ0v) is 14.4. The Hall–Kier alpha value is -1.38. The fourth-order valence-electron chi connectivity index (χ4n) is 2.96. The molecule has 1 fully saturated rings. The lowest BCUT2D eigenvalue weighted by molar-refractivity contribution is -0.564. The highest BCUT2D eigenvalue weighted by Crippen LogP contribution is 2.30. The number of rotatable bonds is 5. The Labute approximate surface area is 138 Å². The Balaban J connectivity index is 1.92. The maximum atomic E-state index is 6.26. The average Bonchev–Trinajstić information content (AvgIpc) is 3.15. The van der Waals surface area contributed by atoms with Crippen LogP contribution in [0.1, 0.15) is 18.9 Å². The Morgan fingerprint density at radius 2 is 2.41 bits per heavy atom. The highest BCUT2D eigenvalue weighted by molar-refractivity contribution is 9.10. The molecular formula is C14H23BrN7+. The molecule has 22 heavy (non-hydrogen) atoms. The number of anilines is 2. The first-order valence-corrected chi connectivity index (χ1v) is 8.50. The van der Waals surface area contributed by atoms with Gasteiger partial charge in [-0.1, -0.05) is 11.9 Å². The molecule has 2 aromatic heterocycles. The number of nitrogens with two attached hydrogens (primary N) is 2. The maximum absolute atomic E-state index is 6.26. The molecule has 0 aliphatic carbocycles. The predicted molar refractivity (Wildman–Crippen MR) is 90.9 cm³/mol. The summed E-state index contributed by atoms with van der Waals surface area (Å²) in [7, 11) is 0. The van der Waals surface area contributed by atoms with Crippen LogP contribution in [0.5, 0.6) is 0 Å². The van der Waals surface area contributed by atoms with Gasteiger partial charge in [-0.15, -0.1) is 4.52 Å². The normalized spacial score (nSPS) is 18.5. The summed E-state index contributed by atoms with van der Waals surface area (Å²) in [4.78, 5) is 7.12. The van der Waals surface area contributed by atoms with E-state index in [4.69, 9.17) is 16.5 Å². The highest BCUT2D eigenvalue weighted by atomic mass is 79.9. The van der Waals surface area contributed by atoms with Gasteiger partial charge in [0.2, 0.25) is 5.82 Å². The molecule has 2 aromatic rings. The first kappa shape index (κ1) is 15.5. The summed E-state index contributed by atoms with van der Waals surface area (Å²) in [5.74, 6) is 1.57. The van der Waals surface area contributed by atoms with Crippen LogP contribution in [-0.4, -0.2) is 42.3 Å². The van der Waals surface area contributed by atoms with E-state index in [9.17, 15) is 0 Å². The Morgan fingerprint density at radius 1 is 1.59 bits per heavy atom. The summed E-state index contributed by atoms with van der Waals surface area (Å²) in [5, 5.41) is 6.62. The second kappa shape index (κ2) is 6.39. The smallest absolute Gasteiger partial charge is 0.292 e. The molecule has 120 valence electrons. The van der Waals surface area contributed by atoms with Crippen LogP contribution in [0.4, 0.5) is 11.6 Å². The number of nitrogens with one attached hydrogen (secondary N) is 2. The molecule has 3 heterocycles. The van der Waals surface area contributed by atoms with Crippen molar-refractivity contribution in [2.45, 2.75) is 25.8 Å². The number of H-pyrrole nitrogens is 1. The van der Waals surface area contributed by atoms with Gasteiger partial charge in [-0.3, -0.25) is 5.10 Å². The molecule has 1 aliphatic heterocycles. The molecular weight excluding hydrogens is 346 g/mol. The SMILES string of the molecule is CCc1c[nH][n+]2c(N)c(Br)c(N3CC[C@H](NCCN)C3)nc12. The van der Waals surface area contributed by atoms with Crippen LogP contribution >= 0.6 is 15.9 Å². The molecule has 0 bridgehead atoms. The number of fused-ring (bicyclic) bond motifs is 1. The molecule has 0 aromatic carbocycles. The van der Waals surface area contributed by atoms with Gasteiger partial charge in [0.25, 0.3) is 11.5 Å². The fourth-order valence-corrected chi connectivity index (χ4v) is 3.47. The van der Waals surface area contributed by atoms with Gasteiger partial charge in [0.1, 0.15) is 0 Å². The third kappa shape index (κ3) is 2.66. The lowest BCUT2D eigenvalue weighted by Crippen LogP contribution is -2.36. The first-order chi connectivity index (χ1) is 10.7. The average molecular weight is 369 g/mol. The lowest BCUT2D eigenvalue weighted by atomic mass is 10.2. The van der Waals surface area contributed by atoms with Crippen molar-refractivity contribution in [1.82, 2.24) is 15.4 Å². The number of nitrogens with zero attached hydrogens (tertiary/aromatic N) is 3. The van der Waals surface area contributed by atoms with E-state index in [1.165, 1.54) is 0 Å². The monoisotopic (exact) mass is 368 g/mol. The molecule has 8 heteroatoms. The van der Waals surface area contributed by atoms with Crippen LogP contribution in [-0.2, 0) is 6.42 Å². The summed E-state index contributed by atoms with van der Waals surface area (Å²) in [6.45, 7) is 5.52. The summed E-state index contributed by atoms with van der Waals surface area (Å²) < 4.78 is 2.67. The summed E-state index contributed by atoms with van der Waals surface area (Å²) in [6.07, 6.45) is 3.97. The molecule has 0 unspecified atom stereocenters. The molecule has 0 spiro atoms. The van der Waals surface area contributed by atoms with E-state index in [0.717, 1.165) is 54.0 Å². The van der Waals surface area contributed by atoms with Crippen LogP contribution in [0.15, 0.2) is 10.7 Å². The molecule has 7 nitrogen and oxygen atoms in total. The van der Waals surface area contributed by atoms with Crippen LogP contribution in [0.3, 0.4) is 0 Å². The molecule has 1 aliphatic rings. The van der Waals surface area contributed by atoms with Gasteiger partial charge in [0.15, 0.2) is 4.47 Å². The zero-order chi connectivity index (χ0) is 15.7. The van der Waals surface area contributed by atoms with Gasteiger partial charge in [-0.25, -0.2) is 0 Å². The van der Waals surface area contributed by atoms with E-state index in [1.54, 1.807) is 0 Å². The van der Waals surface area contributed by atoms with Crippen LogP contribution in [0.25, 0.3) is 5.65 Å². The summed E-state index contributed by atoms with van der Waals surface area (Å²) >= 11 is 3.60. The number of hydrogen-bond acceptors (Lipinski definition) is 5. The quantitative estimate of drug-likeness (QED) is 0.564. The van der Waals surface area contributed by atoms with Crippen molar-refractivity contribution in [3.8, 4) is 0 Å². The summed E-state index contributed by atoms with van der Waals surface area (Å²) in [5.41, 5.74) is 13.9. The van der Waals surface area contributed by atoms with E-state index in [1.807, 2.05) is 10.7 Å². The second-order valence-electron chi connectivity index (χ2n) is 5.62. The van der Waals surface area contributed by atoms with Gasteiger partial charge in [-0.2, -0.15) is 0 Å². The minimum atomic E-state index is 0.457. The van der Waals surface area contributed by atoms with Crippen molar-refractivity contribution < 1.29 is 4.52 Å². The Bertz CT molecular complexity index is 669.